The molecule has 0 aliphatic carbocycles. The Morgan fingerprint density at radius 2 is 0.639 bits per heavy atom. The third-order valence-corrected chi connectivity index (χ3v) is 16.4. The van der Waals surface area contributed by atoms with Gasteiger partial charge in [0.2, 0.25) is 0 Å². The first-order valence-corrected chi connectivity index (χ1v) is 22.8. The van der Waals surface area contributed by atoms with Gasteiger partial charge in [0.25, 0.3) is 0 Å². The number of hydrogen-bond acceptors (Lipinski definition) is 2. The van der Waals surface area contributed by atoms with Gasteiger partial charge in [0.15, 0.2) is 13.9 Å². The van der Waals surface area contributed by atoms with Crippen molar-refractivity contribution < 1.29 is 0 Å². The van der Waals surface area contributed by atoms with Crippen molar-refractivity contribution in [2.75, 3.05) is 0 Å². The highest BCUT2D eigenvalue weighted by molar-refractivity contribution is 7.19. The molecule has 61 heavy (non-hydrogen) atoms. The third-order valence-electron chi connectivity index (χ3n) is 11.6. The molecular formula is C58H42N2Si. The summed E-state index contributed by atoms with van der Waals surface area (Å²) in [6.07, 6.45) is 0. The first-order chi connectivity index (χ1) is 30.3. The summed E-state index contributed by atoms with van der Waals surface area (Å²) in [5.74, 6) is 0.689. The predicted octanol–water partition coefficient (Wildman–Crippen LogP) is 11.9. The zero-order chi connectivity index (χ0) is 40.9. The van der Waals surface area contributed by atoms with Gasteiger partial charge in [-0.3, -0.25) is 0 Å². The van der Waals surface area contributed by atoms with E-state index in [1.165, 1.54) is 20.7 Å². The molecular weight excluding hydrogens is 753 g/mol. The first kappa shape index (κ1) is 37.5. The lowest BCUT2D eigenvalue weighted by molar-refractivity contribution is 1.18. The largest absolute Gasteiger partial charge is 0.228 e. The molecule has 3 heteroatoms. The van der Waals surface area contributed by atoms with Gasteiger partial charge >= 0.3 is 0 Å². The minimum absolute atomic E-state index is 0.689. The minimum atomic E-state index is -2.83. The number of aromatic nitrogens is 2. The zero-order valence-electron chi connectivity index (χ0n) is 33.6. The van der Waals surface area contributed by atoms with Crippen molar-refractivity contribution >= 4 is 28.8 Å². The molecule has 0 saturated heterocycles. The van der Waals surface area contributed by atoms with E-state index in [1.807, 2.05) is 24.3 Å². The van der Waals surface area contributed by atoms with Gasteiger partial charge in [0.1, 0.15) is 0 Å². The van der Waals surface area contributed by atoms with Gasteiger partial charge in [0, 0.05) is 16.7 Å². The van der Waals surface area contributed by atoms with Gasteiger partial charge in [-0.1, -0.05) is 237 Å². The van der Waals surface area contributed by atoms with E-state index in [-0.39, 0.29) is 0 Å². The van der Waals surface area contributed by atoms with Crippen LogP contribution in [0.3, 0.4) is 0 Å². The number of nitrogens with zero attached hydrogens (tertiary/aromatic N) is 2. The van der Waals surface area contributed by atoms with Crippen LogP contribution in [0.5, 0.6) is 0 Å². The second-order valence-electron chi connectivity index (χ2n) is 15.3. The monoisotopic (exact) mass is 794 g/mol. The van der Waals surface area contributed by atoms with E-state index in [2.05, 4.69) is 231 Å². The molecule has 0 radical (unpaired) electrons. The SMILES string of the molecule is c1ccc(-c2cc(-c3cccc([Si](c4ccccc4)(c4ccccc4)c4ccccc4)c3)c(-c3ccccc3)c(-c3cc(-c4ccccc4)nc(-c4ccccc4)n3)c2)cc1. The lowest BCUT2D eigenvalue weighted by atomic mass is 9.85. The van der Waals surface area contributed by atoms with E-state index in [4.69, 9.17) is 9.97 Å². The van der Waals surface area contributed by atoms with Crippen LogP contribution < -0.4 is 20.7 Å². The Labute approximate surface area is 359 Å². The number of rotatable bonds is 10. The zero-order valence-corrected chi connectivity index (χ0v) is 34.6. The van der Waals surface area contributed by atoms with Crippen LogP contribution in [-0.4, -0.2) is 18.0 Å². The Kier molecular flexibility index (Phi) is 10.4. The van der Waals surface area contributed by atoms with Crippen molar-refractivity contribution in [1.29, 1.82) is 0 Å². The maximum Gasteiger partial charge on any atom is 0.179 e. The molecule has 10 aromatic rings. The fraction of sp³-hybridized carbons (Fsp3) is 0. The predicted molar refractivity (Wildman–Crippen MR) is 258 cm³/mol. The molecule has 0 atom stereocenters. The van der Waals surface area contributed by atoms with Crippen LogP contribution in [0.2, 0.25) is 0 Å². The van der Waals surface area contributed by atoms with E-state index in [0.717, 1.165) is 61.5 Å². The van der Waals surface area contributed by atoms with Crippen molar-refractivity contribution in [3.63, 3.8) is 0 Å². The summed E-state index contributed by atoms with van der Waals surface area (Å²) >= 11 is 0. The van der Waals surface area contributed by atoms with Crippen molar-refractivity contribution in [3.05, 3.63) is 255 Å². The van der Waals surface area contributed by atoms with E-state index >= 15 is 0 Å². The highest BCUT2D eigenvalue weighted by Gasteiger charge is 2.41. The highest BCUT2D eigenvalue weighted by Crippen LogP contribution is 2.44. The Bertz CT molecular complexity index is 2880. The molecule has 10 rings (SSSR count). The molecule has 9 aromatic carbocycles. The molecule has 0 unspecified atom stereocenters. The summed E-state index contributed by atoms with van der Waals surface area (Å²) in [4.78, 5) is 10.6. The molecule has 288 valence electrons. The van der Waals surface area contributed by atoms with Crippen LogP contribution in [0.15, 0.2) is 255 Å². The maximum atomic E-state index is 5.43. The van der Waals surface area contributed by atoms with Gasteiger partial charge in [0.05, 0.1) is 11.4 Å². The van der Waals surface area contributed by atoms with Crippen LogP contribution in [-0.2, 0) is 0 Å². The quantitative estimate of drug-likeness (QED) is 0.102. The van der Waals surface area contributed by atoms with Crippen LogP contribution in [0.4, 0.5) is 0 Å². The summed E-state index contributed by atoms with van der Waals surface area (Å²) in [6, 6.07) is 91.9. The van der Waals surface area contributed by atoms with E-state index < -0.39 is 8.07 Å². The molecule has 0 aliphatic rings. The van der Waals surface area contributed by atoms with Crippen LogP contribution in [0, 0.1) is 0 Å². The summed E-state index contributed by atoms with van der Waals surface area (Å²) in [7, 11) is -2.83. The summed E-state index contributed by atoms with van der Waals surface area (Å²) in [5.41, 5.74) is 11.6. The second-order valence-corrected chi connectivity index (χ2v) is 19.1. The van der Waals surface area contributed by atoms with Crippen molar-refractivity contribution in [3.8, 4) is 67.3 Å². The summed E-state index contributed by atoms with van der Waals surface area (Å²) < 4.78 is 0. The molecule has 0 saturated carbocycles. The fourth-order valence-electron chi connectivity index (χ4n) is 8.83. The standard InChI is InChI=1S/C58H42N2Si/c1-8-23-43(24-9-1)48-40-53(47-31-22-38-52(39-47)61(49-32-16-5-17-33-49,50-34-18-6-19-35-50)51-36-20-7-21-37-51)57(45-27-12-3-13-28-45)54(41-48)56-42-55(44-25-10-2-11-26-44)59-58(60-56)46-29-14-4-15-30-46/h1-42H. The number of benzene rings is 9. The molecule has 0 bridgehead atoms. The molecule has 2 nitrogen and oxygen atoms in total. The molecule has 0 amide bonds. The highest BCUT2D eigenvalue weighted by atomic mass is 28.3. The molecule has 1 aromatic heterocycles. The third kappa shape index (κ3) is 7.33. The average molecular weight is 795 g/mol. The Morgan fingerprint density at radius 1 is 0.246 bits per heavy atom. The lowest BCUT2D eigenvalue weighted by Crippen LogP contribution is -2.74. The van der Waals surface area contributed by atoms with E-state index in [0.29, 0.717) is 5.82 Å². The van der Waals surface area contributed by atoms with Gasteiger partial charge in [-0.25, -0.2) is 9.97 Å². The van der Waals surface area contributed by atoms with Gasteiger partial charge in [-0.15, -0.1) is 0 Å². The van der Waals surface area contributed by atoms with E-state index in [1.54, 1.807) is 0 Å². The van der Waals surface area contributed by atoms with Crippen molar-refractivity contribution in [1.82, 2.24) is 9.97 Å². The van der Waals surface area contributed by atoms with Crippen LogP contribution >= 0.6 is 0 Å². The smallest absolute Gasteiger partial charge is 0.179 e. The lowest BCUT2D eigenvalue weighted by Gasteiger charge is -2.34. The number of hydrogen-bond donors (Lipinski definition) is 0. The van der Waals surface area contributed by atoms with Gasteiger partial charge in [-0.05, 0) is 72.3 Å². The Morgan fingerprint density at radius 3 is 1.16 bits per heavy atom. The molecule has 0 N–H and O–H groups in total. The average Bonchev–Trinajstić information content (AvgIpc) is 3.36. The first-order valence-electron chi connectivity index (χ1n) is 20.8. The summed E-state index contributed by atoms with van der Waals surface area (Å²) in [6.45, 7) is 0. The Hall–Kier alpha value is -7.72. The van der Waals surface area contributed by atoms with Crippen molar-refractivity contribution in [2.45, 2.75) is 0 Å². The molecule has 0 spiro atoms. The molecule has 0 aliphatic heterocycles. The second kappa shape index (κ2) is 16.9. The minimum Gasteiger partial charge on any atom is -0.228 e. The fourth-order valence-corrected chi connectivity index (χ4v) is 13.6. The Balaban J connectivity index is 1.30. The van der Waals surface area contributed by atoms with Gasteiger partial charge < -0.3 is 0 Å². The molecule has 0 fully saturated rings. The van der Waals surface area contributed by atoms with Crippen LogP contribution in [0.1, 0.15) is 0 Å². The topological polar surface area (TPSA) is 25.8 Å². The maximum absolute atomic E-state index is 5.43. The summed E-state index contributed by atoms with van der Waals surface area (Å²) in [5, 5.41) is 5.34. The van der Waals surface area contributed by atoms with Crippen LogP contribution in [0.25, 0.3) is 67.3 Å². The normalized spacial score (nSPS) is 11.3. The van der Waals surface area contributed by atoms with Gasteiger partial charge in [-0.2, -0.15) is 0 Å². The van der Waals surface area contributed by atoms with Crippen molar-refractivity contribution in [2.24, 2.45) is 0 Å². The van der Waals surface area contributed by atoms with E-state index in [9.17, 15) is 0 Å². The molecule has 1 heterocycles.